The van der Waals surface area contributed by atoms with Crippen LogP contribution in [0.3, 0.4) is 0 Å². The van der Waals surface area contributed by atoms with Crippen molar-refractivity contribution < 1.29 is 14.6 Å². The Hall–Kier alpha value is -2.41. The number of hydrogen-bond acceptors (Lipinski definition) is 5. The van der Waals surface area contributed by atoms with Crippen molar-refractivity contribution in [2.24, 2.45) is 11.7 Å². The number of nitrogens with two attached hydrogens (primary N) is 1. The van der Waals surface area contributed by atoms with Crippen molar-refractivity contribution in [3.05, 3.63) is 48.0 Å². The number of β-amino-alcohol motifs (C(OH)–C–C–N with tert-alkyl or cyclic N) is 1. The predicted octanol–water partition coefficient (Wildman–Crippen LogP) is 2.50. The molecule has 0 bridgehead atoms. The van der Waals surface area contributed by atoms with Gasteiger partial charge in [0.1, 0.15) is 18.5 Å². The zero-order valence-electron chi connectivity index (χ0n) is 18.3. The van der Waals surface area contributed by atoms with Crippen LogP contribution in [0.5, 0.6) is 5.75 Å². The van der Waals surface area contributed by atoms with Crippen LogP contribution in [0.1, 0.15) is 24.8 Å². The maximum atomic E-state index is 11.3. The van der Waals surface area contributed by atoms with E-state index in [1.807, 2.05) is 6.07 Å². The molecular formula is C25H33N3O3. The molecule has 0 radical (unpaired) electrons. The minimum absolute atomic E-state index is 0.0328. The molecule has 0 aromatic heterocycles. The second-order valence-electron chi connectivity index (χ2n) is 8.88. The van der Waals surface area contributed by atoms with Gasteiger partial charge in [-0.2, -0.15) is 0 Å². The molecule has 0 spiro atoms. The second-order valence-corrected chi connectivity index (χ2v) is 8.88. The number of ether oxygens (including phenoxy) is 1. The van der Waals surface area contributed by atoms with Gasteiger partial charge in [-0.1, -0.05) is 30.3 Å². The van der Waals surface area contributed by atoms with Gasteiger partial charge in [-0.25, -0.2) is 0 Å². The molecule has 1 unspecified atom stereocenters. The summed E-state index contributed by atoms with van der Waals surface area (Å²) in [7, 11) is 2.14. The first-order valence-electron chi connectivity index (χ1n) is 11.2. The van der Waals surface area contributed by atoms with Crippen LogP contribution in [0.2, 0.25) is 0 Å². The van der Waals surface area contributed by atoms with Crippen molar-refractivity contribution in [3.63, 3.8) is 0 Å². The zero-order chi connectivity index (χ0) is 21.8. The molecular weight excluding hydrogens is 390 g/mol. The van der Waals surface area contributed by atoms with Crippen LogP contribution in [0.4, 0.5) is 0 Å². The van der Waals surface area contributed by atoms with Crippen LogP contribution < -0.4 is 10.5 Å². The third kappa shape index (κ3) is 5.45. The summed E-state index contributed by atoms with van der Waals surface area (Å²) in [6.45, 7) is 4.37. The Labute approximate surface area is 184 Å². The fraction of sp³-hybridized carbons (Fsp3) is 0.480. The van der Waals surface area contributed by atoms with Crippen molar-refractivity contribution in [1.29, 1.82) is 0 Å². The number of fused-ring (bicyclic) bond motifs is 1. The van der Waals surface area contributed by atoms with E-state index in [1.54, 1.807) is 0 Å². The highest BCUT2D eigenvalue weighted by Gasteiger charge is 2.24. The number of aliphatic hydroxyl groups is 1. The van der Waals surface area contributed by atoms with Crippen molar-refractivity contribution in [3.8, 4) is 5.75 Å². The molecule has 2 aliphatic rings. The normalized spacial score (nSPS) is 19.9. The van der Waals surface area contributed by atoms with E-state index in [9.17, 15) is 9.90 Å². The van der Waals surface area contributed by atoms with Crippen LogP contribution in [0.25, 0.3) is 16.3 Å². The topological polar surface area (TPSA) is 79.0 Å². The number of aliphatic hydroxyl groups excluding tert-OH is 1. The first-order chi connectivity index (χ1) is 15.0. The number of amides is 1. The zero-order valence-corrected chi connectivity index (χ0v) is 18.3. The summed E-state index contributed by atoms with van der Waals surface area (Å²) in [6.07, 6.45) is 4.28. The molecule has 2 aliphatic heterocycles. The Morgan fingerprint density at radius 2 is 2.00 bits per heavy atom. The maximum absolute atomic E-state index is 11.3. The van der Waals surface area contributed by atoms with Crippen molar-refractivity contribution in [1.82, 2.24) is 9.80 Å². The van der Waals surface area contributed by atoms with Crippen LogP contribution in [0.15, 0.2) is 42.5 Å². The van der Waals surface area contributed by atoms with Gasteiger partial charge in [0, 0.05) is 25.6 Å². The SMILES string of the molecule is CN1CC=C(c2cc(OCC(O)CN3CCC(C(N)=O)CC3)cc3ccccc23)CC1. The molecule has 2 heterocycles. The number of likely N-dealkylation sites (N-methyl/N-ethyl adjacent to an activating group) is 1. The Morgan fingerprint density at radius 3 is 2.71 bits per heavy atom. The molecule has 1 fully saturated rings. The molecule has 31 heavy (non-hydrogen) atoms. The maximum Gasteiger partial charge on any atom is 0.220 e. The van der Waals surface area contributed by atoms with Crippen LogP contribution >= 0.6 is 0 Å². The number of carbonyl (C=O) groups is 1. The quantitative estimate of drug-likeness (QED) is 0.715. The number of nitrogens with zero attached hydrogens (tertiary/aromatic N) is 2. The standard InChI is InChI=1S/C25H33N3O3/c1-27-10-6-18(7-11-27)24-15-22(14-20-4-2-3-5-23(20)24)31-17-21(29)16-28-12-8-19(9-13-28)25(26)30/h2-6,14-15,19,21,29H,7-13,16-17H2,1H3,(H2,26,30). The number of benzene rings is 2. The molecule has 6 heteroatoms. The first kappa shape index (κ1) is 21.8. The summed E-state index contributed by atoms with van der Waals surface area (Å²) in [5.41, 5.74) is 7.99. The summed E-state index contributed by atoms with van der Waals surface area (Å²) in [4.78, 5) is 15.8. The minimum Gasteiger partial charge on any atom is -0.491 e. The molecule has 2 aromatic rings. The third-order valence-electron chi connectivity index (χ3n) is 6.49. The monoisotopic (exact) mass is 423 g/mol. The van der Waals surface area contributed by atoms with Gasteiger partial charge in [0.05, 0.1) is 0 Å². The van der Waals surface area contributed by atoms with Crippen LogP contribution in [0, 0.1) is 5.92 Å². The smallest absolute Gasteiger partial charge is 0.220 e. The predicted molar refractivity (Wildman–Crippen MR) is 124 cm³/mol. The van der Waals surface area contributed by atoms with Gasteiger partial charge in [0.25, 0.3) is 0 Å². The average Bonchev–Trinajstić information content (AvgIpc) is 2.78. The molecule has 0 aliphatic carbocycles. The largest absolute Gasteiger partial charge is 0.491 e. The Morgan fingerprint density at radius 1 is 1.23 bits per heavy atom. The average molecular weight is 424 g/mol. The first-order valence-corrected chi connectivity index (χ1v) is 11.2. The molecule has 1 atom stereocenters. The van der Waals surface area contributed by atoms with E-state index in [-0.39, 0.29) is 18.4 Å². The van der Waals surface area contributed by atoms with Gasteiger partial charge in [-0.15, -0.1) is 0 Å². The summed E-state index contributed by atoms with van der Waals surface area (Å²) in [6, 6.07) is 12.6. The summed E-state index contributed by atoms with van der Waals surface area (Å²) in [5.74, 6) is 0.546. The molecule has 1 amide bonds. The highest BCUT2D eigenvalue weighted by molar-refractivity contribution is 5.95. The summed E-state index contributed by atoms with van der Waals surface area (Å²) >= 11 is 0. The molecule has 0 saturated carbocycles. The van der Waals surface area contributed by atoms with Gasteiger partial charge in [0.15, 0.2) is 0 Å². The molecule has 3 N–H and O–H groups in total. The van der Waals surface area contributed by atoms with Crippen molar-refractivity contribution in [2.45, 2.75) is 25.4 Å². The number of rotatable bonds is 7. The highest BCUT2D eigenvalue weighted by atomic mass is 16.5. The second kappa shape index (κ2) is 9.81. The van der Waals surface area contributed by atoms with Gasteiger partial charge < -0.3 is 25.4 Å². The van der Waals surface area contributed by atoms with Crippen LogP contribution in [-0.4, -0.2) is 73.3 Å². The Bertz CT molecular complexity index is 950. The lowest BCUT2D eigenvalue weighted by molar-refractivity contribution is -0.123. The third-order valence-corrected chi connectivity index (χ3v) is 6.49. The Balaban J connectivity index is 1.41. The van der Waals surface area contributed by atoms with Gasteiger partial charge in [-0.3, -0.25) is 4.79 Å². The molecule has 2 aromatic carbocycles. The number of likely N-dealkylation sites (tertiary alicyclic amines) is 1. The number of primary amides is 1. The van der Waals surface area contributed by atoms with Crippen molar-refractivity contribution >= 4 is 22.3 Å². The van der Waals surface area contributed by atoms with Gasteiger partial charge >= 0.3 is 0 Å². The summed E-state index contributed by atoms with van der Waals surface area (Å²) < 4.78 is 6.04. The van der Waals surface area contributed by atoms with E-state index in [0.717, 1.165) is 56.6 Å². The molecule has 1 saturated heterocycles. The molecule has 4 rings (SSSR count). The lowest BCUT2D eigenvalue weighted by Gasteiger charge is -2.31. The van der Waals surface area contributed by atoms with Crippen molar-refractivity contribution in [2.75, 3.05) is 46.4 Å². The van der Waals surface area contributed by atoms with Gasteiger partial charge in [0.2, 0.25) is 5.91 Å². The van der Waals surface area contributed by atoms with E-state index in [1.165, 1.54) is 16.5 Å². The Kier molecular flexibility index (Phi) is 6.90. The van der Waals surface area contributed by atoms with E-state index in [0.29, 0.717) is 6.54 Å². The van der Waals surface area contributed by atoms with Gasteiger partial charge in [-0.05, 0) is 73.4 Å². The van der Waals surface area contributed by atoms with Crippen LogP contribution in [-0.2, 0) is 4.79 Å². The lowest BCUT2D eigenvalue weighted by Crippen LogP contribution is -2.43. The molecule has 6 nitrogen and oxygen atoms in total. The summed E-state index contributed by atoms with van der Waals surface area (Å²) in [5, 5.41) is 12.9. The fourth-order valence-electron chi connectivity index (χ4n) is 4.59. The lowest BCUT2D eigenvalue weighted by atomic mass is 9.94. The van der Waals surface area contributed by atoms with E-state index < -0.39 is 6.10 Å². The number of piperidine rings is 1. The van der Waals surface area contributed by atoms with E-state index in [4.69, 9.17) is 10.5 Å². The fourth-order valence-corrected chi connectivity index (χ4v) is 4.59. The van der Waals surface area contributed by atoms with E-state index in [2.05, 4.69) is 53.3 Å². The molecule has 166 valence electrons. The van der Waals surface area contributed by atoms with E-state index >= 15 is 0 Å². The number of hydrogen-bond donors (Lipinski definition) is 2. The minimum atomic E-state index is -0.581. The highest BCUT2D eigenvalue weighted by Crippen LogP contribution is 2.33. The number of carbonyl (C=O) groups excluding carboxylic acids is 1.